The Bertz CT molecular complexity index is 608. The predicted octanol–water partition coefficient (Wildman–Crippen LogP) is 2.56. The summed E-state index contributed by atoms with van der Waals surface area (Å²) in [6.07, 6.45) is 7.49. The molecule has 0 unspecified atom stereocenters. The van der Waals surface area contributed by atoms with Crippen LogP contribution in [0.15, 0.2) is 42.9 Å². The fraction of sp³-hybridized carbons (Fsp3) is 0.312. The quantitative estimate of drug-likeness (QED) is 0.846. The van der Waals surface area contributed by atoms with Crippen molar-refractivity contribution < 1.29 is 0 Å². The zero-order chi connectivity index (χ0) is 15.2. The Balaban J connectivity index is 1.49. The maximum Gasteiger partial charge on any atom is 0.172 e. The van der Waals surface area contributed by atoms with Gasteiger partial charge < -0.3 is 15.5 Å². The first-order valence-corrected chi connectivity index (χ1v) is 7.87. The standard InChI is InChI=1S/C16H19N5S/c22-16(20-15-12-17-7-8-18-15)19-11-13-3-5-14(6-4-13)21-9-1-2-10-21/h3-8,12H,1-2,9-11H2,(H2,18,19,20,22). The first-order chi connectivity index (χ1) is 10.8. The topological polar surface area (TPSA) is 53.1 Å². The molecule has 114 valence electrons. The van der Waals surface area contributed by atoms with E-state index >= 15 is 0 Å². The van der Waals surface area contributed by atoms with E-state index in [0.717, 1.165) is 0 Å². The normalized spacial score (nSPS) is 13.9. The van der Waals surface area contributed by atoms with Crippen molar-refractivity contribution in [2.24, 2.45) is 0 Å². The molecule has 1 aliphatic heterocycles. The van der Waals surface area contributed by atoms with Gasteiger partial charge in [0.2, 0.25) is 0 Å². The Labute approximate surface area is 135 Å². The average molecular weight is 313 g/mol. The molecule has 0 amide bonds. The van der Waals surface area contributed by atoms with Crippen molar-refractivity contribution in [1.82, 2.24) is 15.3 Å². The maximum absolute atomic E-state index is 5.25. The lowest BCUT2D eigenvalue weighted by Crippen LogP contribution is -2.28. The van der Waals surface area contributed by atoms with Gasteiger partial charge in [0.15, 0.2) is 10.9 Å². The highest BCUT2D eigenvalue weighted by Gasteiger charge is 2.11. The molecule has 0 bridgehead atoms. The van der Waals surface area contributed by atoms with Crippen molar-refractivity contribution in [3.05, 3.63) is 48.4 Å². The van der Waals surface area contributed by atoms with Crippen molar-refractivity contribution in [3.63, 3.8) is 0 Å². The van der Waals surface area contributed by atoms with E-state index in [9.17, 15) is 0 Å². The van der Waals surface area contributed by atoms with Crippen LogP contribution in [0.5, 0.6) is 0 Å². The van der Waals surface area contributed by atoms with Crippen molar-refractivity contribution >= 4 is 28.8 Å². The maximum atomic E-state index is 5.25. The third-order valence-corrected chi connectivity index (χ3v) is 3.91. The second-order valence-electron chi connectivity index (χ2n) is 5.26. The Morgan fingerprint density at radius 1 is 1.14 bits per heavy atom. The summed E-state index contributed by atoms with van der Waals surface area (Å²) < 4.78 is 0. The lowest BCUT2D eigenvalue weighted by molar-refractivity contribution is 0.919. The summed E-state index contributed by atoms with van der Waals surface area (Å²) in [6.45, 7) is 3.03. The van der Waals surface area contributed by atoms with E-state index in [2.05, 4.69) is 49.8 Å². The molecule has 1 saturated heterocycles. The molecule has 0 saturated carbocycles. The molecule has 1 aliphatic rings. The minimum absolute atomic E-state index is 0.545. The summed E-state index contributed by atoms with van der Waals surface area (Å²) in [5.41, 5.74) is 2.51. The molecule has 0 spiro atoms. The molecule has 6 heteroatoms. The molecule has 2 heterocycles. The molecule has 1 fully saturated rings. The number of hydrogen-bond donors (Lipinski definition) is 2. The van der Waals surface area contributed by atoms with Gasteiger partial charge in [-0.05, 0) is 42.8 Å². The van der Waals surface area contributed by atoms with Crippen LogP contribution in [-0.2, 0) is 6.54 Å². The molecule has 1 aromatic heterocycles. The monoisotopic (exact) mass is 313 g/mol. The lowest BCUT2D eigenvalue weighted by Gasteiger charge is -2.18. The number of nitrogens with zero attached hydrogens (tertiary/aromatic N) is 3. The lowest BCUT2D eigenvalue weighted by atomic mass is 10.2. The first kappa shape index (κ1) is 14.7. The zero-order valence-electron chi connectivity index (χ0n) is 12.3. The smallest absolute Gasteiger partial charge is 0.172 e. The van der Waals surface area contributed by atoms with E-state index in [4.69, 9.17) is 12.2 Å². The largest absolute Gasteiger partial charge is 0.372 e. The number of aromatic nitrogens is 2. The number of hydrogen-bond acceptors (Lipinski definition) is 4. The van der Waals surface area contributed by atoms with Gasteiger partial charge in [0.1, 0.15) is 0 Å². The van der Waals surface area contributed by atoms with Gasteiger partial charge in [-0.1, -0.05) is 12.1 Å². The predicted molar refractivity (Wildman–Crippen MR) is 93.0 cm³/mol. The fourth-order valence-corrected chi connectivity index (χ4v) is 2.68. The molecule has 3 rings (SSSR count). The van der Waals surface area contributed by atoms with E-state index in [1.54, 1.807) is 18.6 Å². The highest BCUT2D eigenvalue weighted by molar-refractivity contribution is 7.80. The van der Waals surface area contributed by atoms with Crippen LogP contribution in [-0.4, -0.2) is 28.2 Å². The van der Waals surface area contributed by atoms with Gasteiger partial charge in [-0.2, -0.15) is 0 Å². The average Bonchev–Trinajstić information content (AvgIpc) is 3.09. The number of nitrogens with one attached hydrogen (secondary N) is 2. The minimum atomic E-state index is 0.545. The summed E-state index contributed by atoms with van der Waals surface area (Å²) in [7, 11) is 0. The summed E-state index contributed by atoms with van der Waals surface area (Å²) >= 11 is 5.25. The van der Waals surface area contributed by atoms with Crippen LogP contribution in [0.1, 0.15) is 18.4 Å². The van der Waals surface area contributed by atoms with Gasteiger partial charge in [-0.25, -0.2) is 4.98 Å². The molecule has 1 aromatic carbocycles. The fourth-order valence-electron chi connectivity index (χ4n) is 2.51. The summed E-state index contributed by atoms with van der Waals surface area (Å²) in [6, 6.07) is 8.65. The second kappa shape index (κ2) is 7.17. The van der Waals surface area contributed by atoms with E-state index in [-0.39, 0.29) is 0 Å². The van der Waals surface area contributed by atoms with Gasteiger partial charge in [0, 0.05) is 37.7 Å². The Kier molecular flexibility index (Phi) is 4.80. The molecule has 0 aliphatic carbocycles. The van der Waals surface area contributed by atoms with Crippen LogP contribution in [0, 0.1) is 0 Å². The molecular weight excluding hydrogens is 294 g/mol. The van der Waals surface area contributed by atoms with Gasteiger partial charge in [0.05, 0.1) is 6.20 Å². The number of benzene rings is 1. The van der Waals surface area contributed by atoms with Gasteiger partial charge >= 0.3 is 0 Å². The van der Waals surface area contributed by atoms with E-state index in [0.29, 0.717) is 17.5 Å². The van der Waals surface area contributed by atoms with Gasteiger partial charge in [0.25, 0.3) is 0 Å². The van der Waals surface area contributed by atoms with Gasteiger partial charge in [-0.3, -0.25) is 4.98 Å². The highest BCUT2D eigenvalue weighted by Crippen LogP contribution is 2.20. The van der Waals surface area contributed by atoms with Crippen LogP contribution in [0.3, 0.4) is 0 Å². The Morgan fingerprint density at radius 3 is 2.59 bits per heavy atom. The van der Waals surface area contributed by atoms with Crippen LogP contribution in [0.25, 0.3) is 0 Å². The van der Waals surface area contributed by atoms with Crippen molar-refractivity contribution in [3.8, 4) is 0 Å². The molecule has 2 N–H and O–H groups in total. The SMILES string of the molecule is S=C(NCc1ccc(N2CCCC2)cc1)Nc1cnccn1. The van der Waals surface area contributed by atoms with E-state index < -0.39 is 0 Å². The number of anilines is 2. The second-order valence-corrected chi connectivity index (χ2v) is 5.67. The molecule has 0 atom stereocenters. The molecule has 2 aromatic rings. The van der Waals surface area contributed by atoms with Crippen LogP contribution in [0.4, 0.5) is 11.5 Å². The van der Waals surface area contributed by atoms with E-state index in [1.165, 1.54) is 37.2 Å². The third-order valence-electron chi connectivity index (χ3n) is 3.67. The molecule has 5 nitrogen and oxygen atoms in total. The molecular formula is C16H19N5S. The van der Waals surface area contributed by atoms with Gasteiger partial charge in [-0.15, -0.1) is 0 Å². The van der Waals surface area contributed by atoms with Crippen molar-refractivity contribution in [2.45, 2.75) is 19.4 Å². The molecule has 22 heavy (non-hydrogen) atoms. The third kappa shape index (κ3) is 3.92. The highest BCUT2D eigenvalue weighted by atomic mass is 32.1. The van der Waals surface area contributed by atoms with Crippen molar-refractivity contribution in [1.29, 1.82) is 0 Å². The summed E-state index contributed by atoms with van der Waals surface area (Å²) in [5.74, 6) is 0.643. The first-order valence-electron chi connectivity index (χ1n) is 7.46. The van der Waals surface area contributed by atoms with Crippen LogP contribution in [0.2, 0.25) is 0 Å². The van der Waals surface area contributed by atoms with Crippen molar-refractivity contribution in [2.75, 3.05) is 23.3 Å². The van der Waals surface area contributed by atoms with Crippen LogP contribution >= 0.6 is 12.2 Å². The Hall–Kier alpha value is -2.21. The number of thiocarbonyl (C=S) groups is 1. The number of rotatable bonds is 4. The Morgan fingerprint density at radius 2 is 1.91 bits per heavy atom. The summed E-state index contributed by atoms with van der Waals surface area (Å²) in [4.78, 5) is 10.5. The summed E-state index contributed by atoms with van der Waals surface area (Å²) in [5, 5.41) is 6.73. The van der Waals surface area contributed by atoms with E-state index in [1.807, 2.05) is 0 Å². The zero-order valence-corrected chi connectivity index (χ0v) is 13.1. The minimum Gasteiger partial charge on any atom is -0.372 e. The molecule has 0 radical (unpaired) electrons. The van der Waals surface area contributed by atoms with Crippen LogP contribution < -0.4 is 15.5 Å².